The highest BCUT2D eigenvalue weighted by Gasteiger charge is 2.23. The number of aromatic nitrogens is 2. The molecule has 1 aliphatic rings. The van der Waals surface area contributed by atoms with Crippen LogP contribution >= 0.6 is 11.6 Å². The first kappa shape index (κ1) is 19.6. The fourth-order valence-corrected chi connectivity index (χ4v) is 3.58. The number of carbonyl (C=O) groups excluding carboxylic acids is 1. The molecule has 0 saturated carbocycles. The molecule has 4 rings (SSSR count). The lowest BCUT2D eigenvalue weighted by Gasteiger charge is -2.15. The Morgan fingerprint density at radius 1 is 1.24 bits per heavy atom. The topological polar surface area (TPSA) is 68.2 Å². The van der Waals surface area contributed by atoms with E-state index in [4.69, 9.17) is 16.3 Å². The van der Waals surface area contributed by atoms with Gasteiger partial charge in [0.15, 0.2) is 0 Å². The van der Waals surface area contributed by atoms with Gasteiger partial charge in [-0.3, -0.25) is 10.1 Å². The quantitative estimate of drug-likeness (QED) is 0.461. The number of rotatable bonds is 7. The van der Waals surface area contributed by atoms with E-state index in [1.54, 1.807) is 12.4 Å². The van der Waals surface area contributed by atoms with Crippen molar-refractivity contribution in [2.75, 3.05) is 12.0 Å². The standard InChI is InChI=1S/C22H23ClN4O2/c23-18-8-6-17-7-9-20(22(28)26-21(17)10-18)25-15-29-13-19-12-27(14-24-19)11-16-4-2-1-3-5-16/h1-6,8,10,12,14,20,25H,7,9,11,13,15H2,(H,26,28)/t20-/m0/s1. The maximum Gasteiger partial charge on any atom is 0.241 e. The van der Waals surface area contributed by atoms with Crippen molar-refractivity contribution in [3.05, 3.63) is 82.9 Å². The van der Waals surface area contributed by atoms with Crippen molar-refractivity contribution in [1.82, 2.24) is 14.9 Å². The Balaban J connectivity index is 1.23. The molecule has 7 heteroatoms. The number of anilines is 1. The number of benzene rings is 2. The number of imidazole rings is 1. The van der Waals surface area contributed by atoms with E-state index in [2.05, 4.69) is 27.8 Å². The Labute approximate surface area is 174 Å². The van der Waals surface area contributed by atoms with Crippen LogP contribution < -0.4 is 10.6 Å². The summed E-state index contributed by atoms with van der Waals surface area (Å²) in [6.07, 6.45) is 5.29. The molecule has 1 amide bonds. The van der Waals surface area contributed by atoms with Crippen molar-refractivity contribution in [2.24, 2.45) is 0 Å². The van der Waals surface area contributed by atoms with Gasteiger partial charge in [0.1, 0.15) is 0 Å². The fraction of sp³-hybridized carbons (Fsp3) is 0.273. The van der Waals surface area contributed by atoms with E-state index in [0.717, 1.165) is 29.9 Å². The summed E-state index contributed by atoms with van der Waals surface area (Å²) in [5, 5.41) is 6.73. The highest BCUT2D eigenvalue weighted by Crippen LogP contribution is 2.25. The Hall–Kier alpha value is -2.67. The maximum atomic E-state index is 12.4. The third kappa shape index (κ3) is 5.23. The predicted octanol–water partition coefficient (Wildman–Crippen LogP) is 3.60. The van der Waals surface area contributed by atoms with Crippen LogP contribution in [0.3, 0.4) is 0 Å². The van der Waals surface area contributed by atoms with Gasteiger partial charge in [-0.25, -0.2) is 4.98 Å². The lowest BCUT2D eigenvalue weighted by atomic mass is 10.1. The van der Waals surface area contributed by atoms with Crippen molar-refractivity contribution in [2.45, 2.75) is 32.0 Å². The second-order valence-corrected chi connectivity index (χ2v) is 7.54. The van der Waals surface area contributed by atoms with E-state index in [1.165, 1.54) is 5.56 Å². The Morgan fingerprint density at radius 2 is 2.10 bits per heavy atom. The summed E-state index contributed by atoms with van der Waals surface area (Å²) in [6.45, 7) is 1.44. The molecule has 1 atom stereocenters. The Morgan fingerprint density at radius 3 is 2.97 bits per heavy atom. The molecule has 0 fully saturated rings. The second kappa shape index (κ2) is 9.22. The van der Waals surface area contributed by atoms with Crippen LogP contribution in [0.25, 0.3) is 0 Å². The molecule has 0 bridgehead atoms. The first-order valence-corrected chi connectivity index (χ1v) is 10.0. The van der Waals surface area contributed by atoms with E-state index < -0.39 is 0 Å². The van der Waals surface area contributed by atoms with Crippen LogP contribution in [0.1, 0.15) is 23.2 Å². The van der Waals surface area contributed by atoms with Gasteiger partial charge >= 0.3 is 0 Å². The lowest BCUT2D eigenvalue weighted by molar-refractivity contribution is -0.118. The van der Waals surface area contributed by atoms with Crippen LogP contribution in [0.15, 0.2) is 61.1 Å². The van der Waals surface area contributed by atoms with Gasteiger partial charge in [0.2, 0.25) is 5.91 Å². The molecule has 150 valence electrons. The molecule has 1 aliphatic heterocycles. The fourth-order valence-electron chi connectivity index (χ4n) is 3.41. The minimum absolute atomic E-state index is 0.0678. The van der Waals surface area contributed by atoms with E-state index in [0.29, 0.717) is 18.1 Å². The average Bonchev–Trinajstić information content (AvgIpc) is 3.09. The van der Waals surface area contributed by atoms with Crippen molar-refractivity contribution >= 4 is 23.2 Å². The zero-order valence-corrected chi connectivity index (χ0v) is 16.7. The van der Waals surface area contributed by atoms with Crippen molar-refractivity contribution in [3.63, 3.8) is 0 Å². The number of amides is 1. The number of aryl methyl sites for hydroxylation is 1. The number of ether oxygens (including phenoxy) is 1. The molecule has 0 unspecified atom stereocenters. The zero-order chi connectivity index (χ0) is 20.1. The van der Waals surface area contributed by atoms with Crippen molar-refractivity contribution in [3.8, 4) is 0 Å². The van der Waals surface area contributed by atoms with E-state index in [1.807, 2.05) is 41.1 Å². The smallest absolute Gasteiger partial charge is 0.241 e. The summed E-state index contributed by atoms with van der Waals surface area (Å²) >= 11 is 6.03. The van der Waals surface area contributed by atoms with Crippen LogP contribution in [0.4, 0.5) is 5.69 Å². The molecule has 2 aromatic carbocycles. The van der Waals surface area contributed by atoms with Crippen LogP contribution in [0.2, 0.25) is 5.02 Å². The van der Waals surface area contributed by atoms with Crippen LogP contribution in [0.5, 0.6) is 0 Å². The summed E-state index contributed by atoms with van der Waals surface area (Å²) in [5.74, 6) is -0.0678. The number of halogens is 1. The molecule has 2 heterocycles. The third-order valence-corrected chi connectivity index (χ3v) is 5.16. The van der Waals surface area contributed by atoms with Crippen LogP contribution in [-0.4, -0.2) is 28.2 Å². The predicted molar refractivity (Wildman–Crippen MR) is 113 cm³/mol. The maximum absolute atomic E-state index is 12.4. The molecule has 0 radical (unpaired) electrons. The molecular formula is C22H23ClN4O2. The molecular weight excluding hydrogens is 388 g/mol. The number of hydrogen-bond acceptors (Lipinski definition) is 4. The molecule has 1 aromatic heterocycles. The number of fused-ring (bicyclic) bond motifs is 1. The minimum atomic E-state index is -0.309. The molecule has 0 spiro atoms. The van der Waals surface area contributed by atoms with Gasteiger partial charge in [-0.15, -0.1) is 0 Å². The average molecular weight is 411 g/mol. The highest BCUT2D eigenvalue weighted by molar-refractivity contribution is 6.31. The van der Waals surface area contributed by atoms with Gasteiger partial charge in [-0.05, 0) is 36.1 Å². The number of nitrogens with one attached hydrogen (secondary N) is 2. The van der Waals surface area contributed by atoms with E-state index >= 15 is 0 Å². The van der Waals surface area contributed by atoms with Gasteiger partial charge in [0.25, 0.3) is 0 Å². The molecule has 0 aliphatic carbocycles. The van der Waals surface area contributed by atoms with Crippen LogP contribution in [0, 0.1) is 0 Å². The van der Waals surface area contributed by atoms with Gasteiger partial charge < -0.3 is 14.6 Å². The molecule has 2 N–H and O–H groups in total. The molecule has 0 saturated heterocycles. The minimum Gasteiger partial charge on any atom is -0.360 e. The van der Waals surface area contributed by atoms with Crippen molar-refractivity contribution < 1.29 is 9.53 Å². The van der Waals surface area contributed by atoms with Gasteiger partial charge in [-0.2, -0.15) is 0 Å². The highest BCUT2D eigenvalue weighted by atomic mass is 35.5. The first-order valence-electron chi connectivity index (χ1n) is 9.62. The number of nitrogens with zero attached hydrogens (tertiary/aromatic N) is 2. The zero-order valence-electron chi connectivity index (χ0n) is 16.0. The number of carbonyl (C=O) groups is 1. The summed E-state index contributed by atoms with van der Waals surface area (Å²) in [4.78, 5) is 16.8. The van der Waals surface area contributed by atoms with Gasteiger partial charge in [-0.1, -0.05) is 48.0 Å². The largest absolute Gasteiger partial charge is 0.360 e. The lowest BCUT2D eigenvalue weighted by Crippen LogP contribution is -2.40. The number of hydrogen-bond donors (Lipinski definition) is 2. The van der Waals surface area contributed by atoms with Crippen LogP contribution in [-0.2, 0) is 29.1 Å². The summed E-state index contributed by atoms with van der Waals surface area (Å²) in [6, 6.07) is 15.5. The summed E-state index contributed by atoms with van der Waals surface area (Å²) in [7, 11) is 0. The molecule has 6 nitrogen and oxygen atoms in total. The second-order valence-electron chi connectivity index (χ2n) is 7.10. The Bertz CT molecular complexity index is 974. The van der Waals surface area contributed by atoms with E-state index in [9.17, 15) is 4.79 Å². The summed E-state index contributed by atoms with van der Waals surface area (Å²) < 4.78 is 7.71. The summed E-state index contributed by atoms with van der Waals surface area (Å²) in [5.41, 5.74) is 3.96. The molecule has 3 aromatic rings. The van der Waals surface area contributed by atoms with Gasteiger partial charge in [0, 0.05) is 23.5 Å². The normalized spacial score (nSPS) is 16.2. The first-order chi connectivity index (χ1) is 14.2. The third-order valence-electron chi connectivity index (χ3n) is 4.93. The van der Waals surface area contributed by atoms with Gasteiger partial charge in [0.05, 0.1) is 31.4 Å². The monoisotopic (exact) mass is 410 g/mol. The van der Waals surface area contributed by atoms with Crippen molar-refractivity contribution in [1.29, 1.82) is 0 Å². The molecule has 29 heavy (non-hydrogen) atoms. The van der Waals surface area contributed by atoms with E-state index in [-0.39, 0.29) is 18.7 Å². The Kier molecular flexibility index (Phi) is 6.24. The SMILES string of the molecule is O=C1Nc2cc(Cl)ccc2CC[C@@H]1NCOCc1cn(Cc2ccccc2)cn1.